The number of benzene rings is 1. The zero-order chi connectivity index (χ0) is 19.4. The summed E-state index contributed by atoms with van der Waals surface area (Å²) >= 11 is 11.9. The molecule has 0 radical (unpaired) electrons. The molecule has 0 saturated carbocycles. The molecule has 9 heteroatoms. The number of carbonyl (C=O) groups excluding carboxylic acids is 1. The minimum Gasteiger partial charge on any atom is -0.470 e. The van der Waals surface area contributed by atoms with Gasteiger partial charge < -0.3 is 10.1 Å². The molecular weight excluding hydrogens is 389 g/mol. The lowest BCUT2D eigenvalue weighted by molar-refractivity contribution is 0.0931. The Morgan fingerprint density at radius 1 is 1.30 bits per heavy atom. The van der Waals surface area contributed by atoms with Crippen LogP contribution in [0.25, 0.3) is 0 Å². The normalized spacial score (nSPS) is 12.0. The number of nitrogens with one attached hydrogen (secondary N) is 1. The van der Waals surface area contributed by atoms with E-state index < -0.39 is 0 Å². The molecule has 1 unspecified atom stereocenters. The molecule has 1 atom stereocenters. The fourth-order valence-electron chi connectivity index (χ4n) is 2.60. The van der Waals surface area contributed by atoms with E-state index in [1.54, 1.807) is 36.7 Å². The number of aromatic nitrogens is 4. The Hall–Kier alpha value is -2.51. The van der Waals surface area contributed by atoms with Gasteiger partial charge in [-0.05, 0) is 44.2 Å². The maximum atomic E-state index is 12.4. The number of amides is 1. The smallest absolute Gasteiger partial charge is 0.272 e. The van der Waals surface area contributed by atoms with Crippen molar-refractivity contribution in [3.8, 4) is 5.75 Å². The van der Waals surface area contributed by atoms with Gasteiger partial charge in [0, 0.05) is 24.0 Å². The van der Waals surface area contributed by atoms with Crippen LogP contribution in [0.15, 0.2) is 42.7 Å². The van der Waals surface area contributed by atoms with Crippen molar-refractivity contribution in [2.75, 3.05) is 0 Å². The van der Waals surface area contributed by atoms with Crippen LogP contribution in [0.5, 0.6) is 5.75 Å². The molecule has 27 heavy (non-hydrogen) atoms. The number of rotatable bonds is 7. The molecule has 7 nitrogen and oxygen atoms in total. The third kappa shape index (κ3) is 4.61. The minimum absolute atomic E-state index is 0.118. The molecule has 1 aromatic carbocycles. The highest BCUT2D eigenvalue weighted by molar-refractivity contribution is 6.35. The summed E-state index contributed by atoms with van der Waals surface area (Å²) in [4.78, 5) is 12.4. The first-order valence-corrected chi connectivity index (χ1v) is 9.17. The lowest BCUT2D eigenvalue weighted by Crippen LogP contribution is -2.28. The quantitative estimate of drug-likeness (QED) is 0.643. The molecule has 1 amide bonds. The van der Waals surface area contributed by atoms with Crippen LogP contribution in [0.1, 0.15) is 36.1 Å². The summed E-state index contributed by atoms with van der Waals surface area (Å²) < 4.78 is 8.96. The second-order valence-corrected chi connectivity index (χ2v) is 6.70. The van der Waals surface area contributed by atoms with Crippen LogP contribution < -0.4 is 10.1 Å². The van der Waals surface area contributed by atoms with Crippen LogP contribution in [-0.4, -0.2) is 25.5 Å². The van der Waals surface area contributed by atoms with Crippen LogP contribution in [0, 0.1) is 0 Å². The standard InChI is InChI=1S/C18H19Cl2N5O2/c1-3-25-16(6-8-21-25)12(2)22-18(26)15-7-9-24(23-15)11-27-17-5-4-13(19)10-14(17)20/h4-10,12H,3,11H2,1-2H3,(H,22,26). The highest BCUT2D eigenvalue weighted by atomic mass is 35.5. The number of ether oxygens (including phenoxy) is 1. The number of hydrogen-bond donors (Lipinski definition) is 1. The van der Waals surface area contributed by atoms with Crippen LogP contribution in [0.3, 0.4) is 0 Å². The lowest BCUT2D eigenvalue weighted by Gasteiger charge is -2.14. The zero-order valence-electron chi connectivity index (χ0n) is 14.9. The Labute approximate surface area is 166 Å². The van der Waals surface area contributed by atoms with E-state index in [-0.39, 0.29) is 18.7 Å². The van der Waals surface area contributed by atoms with Gasteiger partial charge in [0.05, 0.1) is 16.8 Å². The van der Waals surface area contributed by atoms with Gasteiger partial charge in [0.1, 0.15) is 11.4 Å². The highest BCUT2D eigenvalue weighted by Crippen LogP contribution is 2.27. The van der Waals surface area contributed by atoms with Crippen molar-refractivity contribution >= 4 is 29.1 Å². The van der Waals surface area contributed by atoms with Crippen molar-refractivity contribution in [3.05, 3.63) is 64.2 Å². The van der Waals surface area contributed by atoms with Crippen molar-refractivity contribution in [2.24, 2.45) is 0 Å². The fourth-order valence-corrected chi connectivity index (χ4v) is 3.07. The summed E-state index contributed by atoms with van der Waals surface area (Å²) in [6.07, 6.45) is 3.38. The van der Waals surface area contributed by atoms with Gasteiger partial charge >= 0.3 is 0 Å². The molecule has 0 aliphatic carbocycles. The van der Waals surface area contributed by atoms with E-state index in [1.807, 2.05) is 24.6 Å². The summed E-state index contributed by atoms with van der Waals surface area (Å²) in [7, 11) is 0. The van der Waals surface area contributed by atoms with Gasteiger partial charge in [0.2, 0.25) is 0 Å². The minimum atomic E-state index is -0.269. The van der Waals surface area contributed by atoms with E-state index >= 15 is 0 Å². The average molecular weight is 408 g/mol. The van der Waals surface area contributed by atoms with Crippen molar-refractivity contribution in [1.82, 2.24) is 24.9 Å². The zero-order valence-corrected chi connectivity index (χ0v) is 16.4. The van der Waals surface area contributed by atoms with Gasteiger partial charge in [0.25, 0.3) is 5.91 Å². The number of halogens is 2. The van der Waals surface area contributed by atoms with E-state index in [0.29, 0.717) is 21.5 Å². The first kappa shape index (κ1) is 19.3. The largest absolute Gasteiger partial charge is 0.470 e. The molecule has 0 bridgehead atoms. The van der Waals surface area contributed by atoms with Crippen molar-refractivity contribution in [1.29, 1.82) is 0 Å². The van der Waals surface area contributed by atoms with Gasteiger partial charge in [0.15, 0.2) is 6.73 Å². The Balaban J connectivity index is 1.60. The van der Waals surface area contributed by atoms with Gasteiger partial charge in [-0.2, -0.15) is 10.2 Å². The summed E-state index contributed by atoms with van der Waals surface area (Å²) in [5.74, 6) is 0.221. The van der Waals surface area contributed by atoms with Gasteiger partial charge in [-0.3, -0.25) is 9.48 Å². The Bertz CT molecular complexity index is 937. The van der Waals surface area contributed by atoms with Crippen molar-refractivity contribution in [2.45, 2.75) is 33.2 Å². The maximum absolute atomic E-state index is 12.4. The van der Waals surface area contributed by atoms with E-state index in [1.165, 1.54) is 4.68 Å². The molecule has 0 aliphatic rings. The number of hydrogen-bond acceptors (Lipinski definition) is 4. The SMILES string of the molecule is CCn1nccc1C(C)NC(=O)c1ccn(COc2ccc(Cl)cc2Cl)n1. The van der Waals surface area contributed by atoms with Crippen LogP contribution in [0.2, 0.25) is 10.0 Å². The Morgan fingerprint density at radius 3 is 2.85 bits per heavy atom. The molecule has 0 saturated heterocycles. The first-order valence-electron chi connectivity index (χ1n) is 8.41. The van der Waals surface area contributed by atoms with Gasteiger partial charge in [-0.15, -0.1) is 0 Å². The van der Waals surface area contributed by atoms with E-state index in [4.69, 9.17) is 27.9 Å². The molecule has 2 aromatic heterocycles. The molecule has 142 valence electrons. The van der Waals surface area contributed by atoms with Crippen molar-refractivity contribution in [3.63, 3.8) is 0 Å². The van der Waals surface area contributed by atoms with Gasteiger partial charge in [-0.1, -0.05) is 23.2 Å². The third-order valence-corrected chi connectivity index (χ3v) is 4.49. The lowest BCUT2D eigenvalue weighted by atomic mass is 10.2. The predicted molar refractivity (Wildman–Crippen MR) is 103 cm³/mol. The maximum Gasteiger partial charge on any atom is 0.272 e. The molecule has 0 spiro atoms. The molecule has 3 aromatic rings. The first-order chi connectivity index (χ1) is 13.0. The predicted octanol–water partition coefficient (Wildman–Crippen LogP) is 3.93. The van der Waals surface area contributed by atoms with Crippen LogP contribution in [0.4, 0.5) is 0 Å². The average Bonchev–Trinajstić information content (AvgIpc) is 3.30. The topological polar surface area (TPSA) is 74.0 Å². The van der Waals surface area contributed by atoms with Gasteiger partial charge in [-0.25, -0.2) is 4.68 Å². The van der Waals surface area contributed by atoms with E-state index in [2.05, 4.69) is 15.5 Å². The molecule has 0 fully saturated rings. The van der Waals surface area contributed by atoms with E-state index in [0.717, 1.165) is 12.2 Å². The number of nitrogens with zero attached hydrogens (tertiary/aromatic N) is 4. The van der Waals surface area contributed by atoms with E-state index in [9.17, 15) is 4.79 Å². The molecule has 3 rings (SSSR count). The number of carbonyl (C=O) groups is 1. The summed E-state index contributed by atoms with van der Waals surface area (Å²) in [5.41, 5.74) is 1.24. The fraction of sp³-hybridized carbons (Fsp3) is 0.278. The van der Waals surface area contributed by atoms with Crippen LogP contribution >= 0.6 is 23.2 Å². The Kier molecular flexibility index (Phi) is 6.03. The monoisotopic (exact) mass is 407 g/mol. The number of aryl methyl sites for hydroxylation is 1. The molecule has 2 heterocycles. The van der Waals surface area contributed by atoms with Crippen molar-refractivity contribution < 1.29 is 9.53 Å². The second-order valence-electron chi connectivity index (χ2n) is 5.86. The summed E-state index contributed by atoms with van der Waals surface area (Å²) in [6, 6.07) is 8.30. The second kappa shape index (κ2) is 8.45. The molecular formula is C18H19Cl2N5O2. The van der Waals surface area contributed by atoms with Crippen LogP contribution in [-0.2, 0) is 13.3 Å². The highest BCUT2D eigenvalue weighted by Gasteiger charge is 2.16. The Morgan fingerprint density at radius 2 is 2.11 bits per heavy atom. The molecule has 1 N–H and O–H groups in total. The molecule has 0 aliphatic heterocycles. The summed E-state index contributed by atoms with van der Waals surface area (Å²) in [5, 5.41) is 12.3. The summed E-state index contributed by atoms with van der Waals surface area (Å²) in [6.45, 7) is 4.76. The third-order valence-electron chi connectivity index (χ3n) is 3.96.